The molecule has 0 radical (unpaired) electrons. The second-order valence-electron chi connectivity index (χ2n) is 8.00. The van der Waals surface area contributed by atoms with E-state index in [0.29, 0.717) is 12.1 Å². The Morgan fingerprint density at radius 1 is 0.651 bits per heavy atom. The van der Waals surface area contributed by atoms with Crippen LogP contribution in [0.3, 0.4) is 0 Å². The fourth-order valence-corrected chi connectivity index (χ4v) is 5.67. The van der Waals surface area contributed by atoms with Crippen molar-refractivity contribution >= 4 is 100 Å². The first-order valence-corrected chi connectivity index (χ1v) is 16.2. The highest BCUT2D eigenvalue weighted by atomic mass is 35.5. The molecule has 4 rings (SSSR count). The minimum atomic E-state index is -5.12. The predicted molar refractivity (Wildman–Crippen MR) is 152 cm³/mol. The molecule has 2 heterocycles. The van der Waals surface area contributed by atoms with Gasteiger partial charge in [0.2, 0.25) is 33.7 Å². The first kappa shape index (κ1) is 32.4. The summed E-state index contributed by atoms with van der Waals surface area (Å²) >= 11 is 17.4. The van der Waals surface area contributed by atoms with E-state index in [-0.39, 0.29) is 11.6 Å². The third kappa shape index (κ3) is 7.90. The zero-order chi connectivity index (χ0) is 31.9. The van der Waals surface area contributed by atoms with Gasteiger partial charge in [0.05, 0.1) is 16.3 Å². The highest BCUT2D eigenvalue weighted by molar-refractivity contribution is 7.86. The van der Waals surface area contributed by atoms with Gasteiger partial charge in [-0.2, -0.15) is 55.2 Å². The standard InChI is InChI=1S/C19H14Cl3N9O9S3/c1-31(8-3-2-4-9(5-8)41(32,33)34)19-29-16(22)28-18(30-19)24-11-7-12(42(35,36)37)10(6-13(11)43(38,39)40)23-17-26-14(20)25-15(21)27-17/h2-7H,1H3,(H,32,33,34)(H,35,36,37)(H,38,39,40)(H,23,25,26,27)(H,24,28,29,30). The van der Waals surface area contributed by atoms with Crippen molar-refractivity contribution in [2.75, 3.05) is 22.6 Å². The van der Waals surface area contributed by atoms with Crippen LogP contribution in [0, 0.1) is 0 Å². The van der Waals surface area contributed by atoms with Gasteiger partial charge in [-0.25, -0.2) is 0 Å². The summed E-state index contributed by atoms with van der Waals surface area (Å²) < 4.78 is 101. The summed E-state index contributed by atoms with van der Waals surface area (Å²) in [7, 11) is -13.4. The summed E-state index contributed by atoms with van der Waals surface area (Å²) in [6, 6.07) is 6.21. The molecule has 0 saturated heterocycles. The van der Waals surface area contributed by atoms with Crippen molar-refractivity contribution in [3.05, 3.63) is 52.2 Å². The quantitative estimate of drug-likeness (QED) is 0.156. The lowest BCUT2D eigenvalue weighted by Crippen LogP contribution is -2.16. The van der Waals surface area contributed by atoms with Gasteiger partial charge >= 0.3 is 0 Å². The number of nitrogens with zero attached hydrogens (tertiary/aromatic N) is 7. The minimum absolute atomic E-state index is 0.157. The number of anilines is 6. The van der Waals surface area contributed by atoms with E-state index in [1.165, 1.54) is 24.1 Å². The van der Waals surface area contributed by atoms with Crippen LogP contribution in [0.2, 0.25) is 15.9 Å². The zero-order valence-corrected chi connectivity index (χ0v) is 25.5. The summed E-state index contributed by atoms with van der Waals surface area (Å²) in [5.41, 5.74) is -1.13. The molecule has 228 valence electrons. The van der Waals surface area contributed by atoms with Gasteiger partial charge in [0.25, 0.3) is 30.4 Å². The maximum atomic E-state index is 12.3. The van der Waals surface area contributed by atoms with Gasteiger partial charge in [0.1, 0.15) is 9.79 Å². The van der Waals surface area contributed by atoms with Gasteiger partial charge in [-0.3, -0.25) is 13.7 Å². The SMILES string of the molecule is CN(c1cccc(S(=O)(=O)O)c1)c1nc(Cl)nc(Nc2cc(S(=O)(=O)O)c(Nc3nc(Cl)nc(Cl)n3)cc2S(=O)(=O)O)n1. The summed E-state index contributed by atoms with van der Waals surface area (Å²) in [5, 5.41) is 3.42. The fourth-order valence-electron chi connectivity index (χ4n) is 3.32. The van der Waals surface area contributed by atoms with Crippen LogP contribution < -0.4 is 15.5 Å². The third-order valence-corrected chi connectivity index (χ3v) is 8.25. The Balaban J connectivity index is 1.82. The lowest BCUT2D eigenvalue weighted by Gasteiger charge is -2.19. The molecule has 18 nitrogen and oxygen atoms in total. The Kier molecular flexibility index (Phi) is 8.93. The molecule has 0 fully saturated rings. The van der Waals surface area contributed by atoms with E-state index < -0.39 is 84.2 Å². The Morgan fingerprint density at radius 3 is 1.58 bits per heavy atom. The van der Waals surface area contributed by atoms with E-state index in [4.69, 9.17) is 34.8 Å². The fraction of sp³-hybridized carbons (Fsp3) is 0.0526. The molecule has 4 aromatic rings. The molecule has 2 aromatic heterocycles. The van der Waals surface area contributed by atoms with Crippen LogP contribution in [-0.4, -0.2) is 75.9 Å². The second-order valence-corrected chi connectivity index (χ2v) is 13.2. The topological polar surface area (TPSA) is 268 Å². The number of rotatable bonds is 9. The predicted octanol–water partition coefficient (Wildman–Crippen LogP) is 3.01. The summed E-state index contributed by atoms with van der Waals surface area (Å²) in [6.07, 6.45) is 0. The van der Waals surface area contributed by atoms with E-state index in [2.05, 4.69) is 40.5 Å². The summed E-state index contributed by atoms with van der Waals surface area (Å²) in [6.45, 7) is 0. The molecule has 5 N–H and O–H groups in total. The molecular weight excluding hydrogens is 701 g/mol. The number of hydrogen-bond acceptors (Lipinski definition) is 15. The van der Waals surface area contributed by atoms with E-state index >= 15 is 0 Å². The van der Waals surface area contributed by atoms with E-state index in [9.17, 15) is 38.9 Å². The largest absolute Gasteiger partial charge is 0.323 e. The molecule has 0 bridgehead atoms. The van der Waals surface area contributed by atoms with Crippen LogP contribution in [0.25, 0.3) is 0 Å². The van der Waals surface area contributed by atoms with Crippen LogP contribution in [0.1, 0.15) is 0 Å². The van der Waals surface area contributed by atoms with Crippen molar-refractivity contribution in [1.82, 2.24) is 29.9 Å². The Morgan fingerprint density at radius 2 is 1.12 bits per heavy atom. The third-order valence-electron chi connectivity index (χ3n) is 5.11. The molecule has 0 atom stereocenters. The van der Waals surface area contributed by atoms with Crippen molar-refractivity contribution in [2.45, 2.75) is 14.7 Å². The lowest BCUT2D eigenvalue weighted by molar-refractivity contribution is 0.479. The molecule has 0 amide bonds. The molecule has 0 unspecified atom stereocenters. The first-order chi connectivity index (χ1) is 19.8. The minimum Gasteiger partial charge on any atom is -0.323 e. The summed E-state index contributed by atoms with van der Waals surface area (Å²) in [4.78, 5) is 21.5. The van der Waals surface area contributed by atoms with Crippen molar-refractivity contribution in [3.63, 3.8) is 0 Å². The average Bonchev–Trinajstić information content (AvgIpc) is 2.86. The molecule has 0 aliphatic carbocycles. The van der Waals surface area contributed by atoms with Crippen LogP contribution in [-0.2, 0) is 30.4 Å². The molecular formula is C19H14Cl3N9O9S3. The van der Waals surface area contributed by atoms with E-state index in [1.807, 2.05) is 0 Å². The lowest BCUT2D eigenvalue weighted by atomic mass is 10.2. The smallest absolute Gasteiger partial charge is 0.296 e. The Labute approximate surface area is 257 Å². The highest BCUT2D eigenvalue weighted by Gasteiger charge is 2.26. The molecule has 0 aliphatic rings. The number of aromatic nitrogens is 6. The van der Waals surface area contributed by atoms with Gasteiger partial charge in [0.15, 0.2) is 0 Å². The second kappa shape index (κ2) is 11.9. The number of benzene rings is 2. The molecule has 24 heteroatoms. The van der Waals surface area contributed by atoms with Gasteiger partial charge in [-0.1, -0.05) is 6.07 Å². The maximum Gasteiger partial charge on any atom is 0.296 e. The molecule has 0 spiro atoms. The molecule has 43 heavy (non-hydrogen) atoms. The highest BCUT2D eigenvalue weighted by Crippen LogP contribution is 2.35. The number of nitrogens with one attached hydrogen (secondary N) is 2. The van der Waals surface area contributed by atoms with Crippen molar-refractivity contribution in [2.24, 2.45) is 0 Å². The van der Waals surface area contributed by atoms with Crippen molar-refractivity contribution in [3.8, 4) is 0 Å². The molecule has 2 aromatic carbocycles. The van der Waals surface area contributed by atoms with Crippen LogP contribution in [0.4, 0.5) is 34.9 Å². The zero-order valence-electron chi connectivity index (χ0n) is 20.7. The first-order valence-electron chi connectivity index (χ1n) is 10.8. The number of hydrogen-bond donors (Lipinski definition) is 5. The molecule has 0 saturated carbocycles. The summed E-state index contributed by atoms with van der Waals surface area (Å²) in [5.74, 6) is -1.18. The van der Waals surface area contributed by atoms with Gasteiger partial charge in [-0.05, 0) is 65.1 Å². The monoisotopic (exact) mass is 713 g/mol. The Bertz CT molecular complexity index is 2070. The maximum absolute atomic E-state index is 12.3. The molecule has 0 aliphatic heterocycles. The van der Waals surface area contributed by atoms with Gasteiger partial charge in [0, 0.05) is 12.7 Å². The van der Waals surface area contributed by atoms with E-state index in [1.54, 1.807) is 0 Å². The normalized spacial score (nSPS) is 12.2. The average molecular weight is 715 g/mol. The van der Waals surface area contributed by atoms with Crippen molar-refractivity contribution < 1.29 is 38.9 Å². The Hall–Kier alpha value is -3.54. The van der Waals surface area contributed by atoms with Crippen LogP contribution >= 0.6 is 34.8 Å². The van der Waals surface area contributed by atoms with Crippen LogP contribution in [0.5, 0.6) is 0 Å². The number of halogens is 3. The van der Waals surface area contributed by atoms with Gasteiger partial charge in [-0.15, -0.1) is 0 Å². The van der Waals surface area contributed by atoms with Gasteiger partial charge < -0.3 is 15.5 Å². The van der Waals surface area contributed by atoms with E-state index in [0.717, 1.165) is 12.1 Å². The van der Waals surface area contributed by atoms with Crippen molar-refractivity contribution in [1.29, 1.82) is 0 Å². The van der Waals surface area contributed by atoms with Crippen LogP contribution in [0.15, 0.2) is 51.1 Å².